The SMILES string of the molecule is CCCCCCCCCCCCCCCCCCC(C)C(C)(C(=O)O)C(C)O. The van der Waals surface area contributed by atoms with Crippen LogP contribution in [0.5, 0.6) is 0 Å². The average molecular weight is 399 g/mol. The van der Waals surface area contributed by atoms with Crippen molar-refractivity contribution in [2.45, 2.75) is 143 Å². The van der Waals surface area contributed by atoms with Crippen molar-refractivity contribution in [2.24, 2.45) is 11.3 Å². The van der Waals surface area contributed by atoms with Crippen LogP contribution in [0, 0.1) is 11.3 Å². The van der Waals surface area contributed by atoms with Gasteiger partial charge in [0.15, 0.2) is 0 Å². The number of carboxylic acids is 1. The fourth-order valence-electron chi connectivity index (χ4n) is 4.10. The van der Waals surface area contributed by atoms with Gasteiger partial charge in [-0.2, -0.15) is 0 Å². The molecule has 0 aliphatic heterocycles. The molecule has 0 aliphatic carbocycles. The van der Waals surface area contributed by atoms with Gasteiger partial charge in [-0.25, -0.2) is 0 Å². The van der Waals surface area contributed by atoms with E-state index in [1.54, 1.807) is 13.8 Å². The lowest BCUT2D eigenvalue weighted by molar-refractivity contribution is -0.159. The lowest BCUT2D eigenvalue weighted by Gasteiger charge is -2.34. The highest BCUT2D eigenvalue weighted by molar-refractivity contribution is 5.75. The lowest BCUT2D eigenvalue weighted by atomic mass is 9.72. The van der Waals surface area contributed by atoms with Crippen molar-refractivity contribution in [3.63, 3.8) is 0 Å². The van der Waals surface area contributed by atoms with Crippen molar-refractivity contribution in [1.82, 2.24) is 0 Å². The molecule has 3 nitrogen and oxygen atoms in total. The van der Waals surface area contributed by atoms with Gasteiger partial charge >= 0.3 is 5.97 Å². The topological polar surface area (TPSA) is 57.5 Å². The molecule has 0 heterocycles. The minimum Gasteiger partial charge on any atom is -0.481 e. The fraction of sp³-hybridized carbons (Fsp3) is 0.960. The maximum Gasteiger partial charge on any atom is 0.312 e. The van der Waals surface area contributed by atoms with E-state index in [0.29, 0.717) is 0 Å². The molecule has 3 atom stereocenters. The number of hydrogen-bond acceptors (Lipinski definition) is 2. The molecule has 0 aromatic carbocycles. The molecule has 0 fully saturated rings. The summed E-state index contributed by atoms with van der Waals surface area (Å²) in [5.41, 5.74) is -1.03. The molecular formula is C25H50O3. The Morgan fingerprint density at radius 1 is 0.714 bits per heavy atom. The van der Waals surface area contributed by atoms with Gasteiger partial charge in [-0.1, -0.05) is 117 Å². The Labute approximate surface area is 175 Å². The number of aliphatic hydroxyl groups is 1. The smallest absolute Gasteiger partial charge is 0.312 e. The minimum atomic E-state index is -1.03. The maximum absolute atomic E-state index is 11.5. The molecule has 0 saturated heterocycles. The summed E-state index contributed by atoms with van der Waals surface area (Å²) < 4.78 is 0. The number of aliphatic hydroxyl groups excluding tert-OH is 1. The van der Waals surface area contributed by atoms with Crippen LogP contribution in [0.3, 0.4) is 0 Å². The third-order valence-corrected chi connectivity index (χ3v) is 6.84. The summed E-state index contributed by atoms with van der Waals surface area (Å²) in [6.07, 6.45) is 21.7. The molecule has 0 saturated carbocycles. The van der Waals surface area contributed by atoms with E-state index in [1.807, 2.05) is 6.92 Å². The first-order valence-electron chi connectivity index (χ1n) is 12.3. The van der Waals surface area contributed by atoms with Gasteiger partial charge in [0.25, 0.3) is 0 Å². The fourth-order valence-corrected chi connectivity index (χ4v) is 4.10. The van der Waals surface area contributed by atoms with Gasteiger partial charge in [-0.15, -0.1) is 0 Å². The third-order valence-electron chi connectivity index (χ3n) is 6.84. The van der Waals surface area contributed by atoms with E-state index in [-0.39, 0.29) is 5.92 Å². The summed E-state index contributed by atoms with van der Waals surface area (Å²) in [6, 6.07) is 0. The molecule has 168 valence electrons. The van der Waals surface area contributed by atoms with Gasteiger partial charge in [0.05, 0.1) is 11.5 Å². The Bertz CT molecular complexity index is 367. The molecule has 3 unspecified atom stereocenters. The van der Waals surface area contributed by atoms with Crippen LogP contribution < -0.4 is 0 Å². The van der Waals surface area contributed by atoms with E-state index in [2.05, 4.69) is 6.92 Å². The van der Waals surface area contributed by atoms with E-state index >= 15 is 0 Å². The summed E-state index contributed by atoms with van der Waals surface area (Å²) in [4.78, 5) is 11.5. The molecule has 0 bridgehead atoms. The molecular weight excluding hydrogens is 348 g/mol. The first kappa shape index (κ1) is 27.4. The second-order valence-corrected chi connectivity index (χ2v) is 9.26. The first-order valence-corrected chi connectivity index (χ1v) is 12.3. The third kappa shape index (κ3) is 12.1. The standard InChI is InChI=1S/C25H50O3/c1-5-6-7-8-9-10-11-12-13-14-15-16-17-18-19-20-21-22(2)25(4,23(3)26)24(27)28/h22-23,26H,5-21H2,1-4H3,(H,27,28). The zero-order valence-corrected chi connectivity index (χ0v) is 19.5. The van der Waals surface area contributed by atoms with Gasteiger partial charge in [0.1, 0.15) is 0 Å². The van der Waals surface area contributed by atoms with Crippen LogP contribution in [0.1, 0.15) is 137 Å². The highest BCUT2D eigenvalue weighted by atomic mass is 16.4. The monoisotopic (exact) mass is 398 g/mol. The second-order valence-electron chi connectivity index (χ2n) is 9.26. The summed E-state index contributed by atoms with van der Waals surface area (Å²) in [6.45, 7) is 7.51. The number of aliphatic carboxylic acids is 1. The molecule has 0 spiro atoms. The Hall–Kier alpha value is -0.570. The zero-order valence-electron chi connectivity index (χ0n) is 19.5. The van der Waals surface area contributed by atoms with Crippen LogP contribution in [0.15, 0.2) is 0 Å². The van der Waals surface area contributed by atoms with E-state index in [4.69, 9.17) is 0 Å². The van der Waals surface area contributed by atoms with Crippen molar-refractivity contribution >= 4 is 5.97 Å². The lowest BCUT2D eigenvalue weighted by Crippen LogP contribution is -2.43. The predicted molar refractivity (Wildman–Crippen MR) is 121 cm³/mol. The van der Waals surface area contributed by atoms with E-state index in [1.165, 1.54) is 96.3 Å². The van der Waals surface area contributed by atoms with Crippen LogP contribution in [0.4, 0.5) is 0 Å². The highest BCUT2D eigenvalue weighted by Gasteiger charge is 2.42. The summed E-state index contributed by atoms with van der Waals surface area (Å²) >= 11 is 0. The van der Waals surface area contributed by atoms with E-state index in [9.17, 15) is 15.0 Å². The van der Waals surface area contributed by atoms with Crippen LogP contribution in [-0.2, 0) is 4.79 Å². The number of carboxylic acid groups (broad SMARTS) is 1. The van der Waals surface area contributed by atoms with Gasteiger partial charge in [0, 0.05) is 0 Å². The second kappa shape index (κ2) is 17.3. The molecule has 0 aromatic heterocycles. The number of carbonyl (C=O) groups is 1. The number of unbranched alkanes of at least 4 members (excludes halogenated alkanes) is 15. The molecule has 0 aliphatic rings. The molecule has 2 N–H and O–H groups in total. The quantitative estimate of drug-likeness (QED) is 0.206. The van der Waals surface area contributed by atoms with Crippen molar-refractivity contribution in [3.8, 4) is 0 Å². The van der Waals surface area contributed by atoms with Crippen molar-refractivity contribution in [2.75, 3.05) is 0 Å². The Morgan fingerprint density at radius 2 is 1.04 bits per heavy atom. The highest BCUT2D eigenvalue weighted by Crippen LogP contribution is 2.35. The Morgan fingerprint density at radius 3 is 1.32 bits per heavy atom. The van der Waals surface area contributed by atoms with Crippen molar-refractivity contribution in [3.05, 3.63) is 0 Å². The van der Waals surface area contributed by atoms with Gasteiger partial charge in [-0.3, -0.25) is 4.79 Å². The van der Waals surface area contributed by atoms with Gasteiger partial charge in [0.2, 0.25) is 0 Å². The summed E-state index contributed by atoms with van der Waals surface area (Å²) in [7, 11) is 0. The Kier molecular flexibility index (Phi) is 16.9. The number of hydrogen-bond donors (Lipinski definition) is 2. The van der Waals surface area contributed by atoms with Crippen molar-refractivity contribution in [1.29, 1.82) is 0 Å². The van der Waals surface area contributed by atoms with Crippen LogP contribution in [0.2, 0.25) is 0 Å². The molecule has 0 rings (SSSR count). The van der Waals surface area contributed by atoms with Crippen molar-refractivity contribution < 1.29 is 15.0 Å². The molecule has 0 radical (unpaired) electrons. The van der Waals surface area contributed by atoms with Gasteiger partial charge < -0.3 is 10.2 Å². The average Bonchev–Trinajstić information content (AvgIpc) is 2.66. The summed E-state index contributed by atoms with van der Waals surface area (Å²) in [5.74, 6) is -0.886. The maximum atomic E-state index is 11.5. The van der Waals surface area contributed by atoms with E-state index in [0.717, 1.165) is 12.8 Å². The first-order chi connectivity index (χ1) is 13.4. The number of rotatable bonds is 20. The van der Waals surface area contributed by atoms with E-state index < -0.39 is 17.5 Å². The normalized spacial score (nSPS) is 15.9. The molecule has 0 amide bonds. The molecule has 3 heteroatoms. The zero-order chi connectivity index (χ0) is 21.3. The van der Waals surface area contributed by atoms with Crippen LogP contribution >= 0.6 is 0 Å². The Balaban J connectivity index is 3.45. The molecule has 28 heavy (non-hydrogen) atoms. The van der Waals surface area contributed by atoms with Crippen LogP contribution in [-0.4, -0.2) is 22.3 Å². The van der Waals surface area contributed by atoms with Crippen LogP contribution in [0.25, 0.3) is 0 Å². The minimum absolute atomic E-state index is 0.00311. The largest absolute Gasteiger partial charge is 0.481 e. The summed E-state index contributed by atoms with van der Waals surface area (Å²) in [5, 5.41) is 19.3. The predicted octanol–water partition coefficient (Wildman–Crippen LogP) is 7.75. The molecule has 0 aromatic rings. The van der Waals surface area contributed by atoms with Gasteiger partial charge in [-0.05, 0) is 26.2 Å².